The molecule has 0 spiro atoms. The molecule has 4 aromatic rings. The Labute approximate surface area is 414 Å². The monoisotopic (exact) mass is 985 g/mol. The lowest BCUT2D eigenvalue weighted by molar-refractivity contribution is -0.135. The van der Waals surface area contributed by atoms with Gasteiger partial charge in [0.15, 0.2) is 0 Å². The van der Waals surface area contributed by atoms with Gasteiger partial charge in [-0.15, -0.1) is 4.40 Å². The molecule has 4 unspecified atom stereocenters. The van der Waals surface area contributed by atoms with Crippen molar-refractivity contribution in [2.75, 3.05) is 32.6 Å². The van der Waals surface area contributed by atoms with Crippen LogP contribution in [-0.2, 0) is 29.1 Å². The number of pyridine rings is 1. The number of fused-ring (bicyclic) bond motifs is 11. The first kappa shape index (κ1) is 47.0. The summed E-state index contributed by atoms with van der Waals surface area (Å²) in [7, 11) is -1.56. The number of amides is 4. The number of hydrogen-bond donors (Lipinski definition) is 4. The largest absolute Gasteiger partial charge is 0.453 e. The maximum atomic E-state index is 13.9. The van der Waals surface area contributed by atoms with Crippen molar-refractivity contribution in [2.45, 2.75) is 145 Å². The number of ether oxygens (including phenoxy) is 2. The van der Waals surface area contributed by atoms with E-state index in [4.69, 9.17) is 19.4 Å². The minimum Gasteiger partial charge on any atom is -0.453 e. The highest BCUT2D eigenvalue weighted by Crippen LogP contribution is 2.62. The molecule has 11 rings (SSSR count). The predicted octanol–water partition coefficient (Wildman–Crippen LogP) is 8.46. The number of anilines is 1. The number of imidazole rings is 1. The number of likely N-dealkylation sites (tertiary alicyclic amines) is 2. The molecule has 17 nitrogen and oxygen atoms in total. The average molecular weight is 986 g/mol. The Morgan fingerprint density at radius 1 is 0.676 bits per heavy atom. The summed E-state index contributed by atoms with van der Waals surface area (Å²) < 4.78 is 41.6. The highest BCUT2D eigenvalue weighted by molar-refractivity contribution is 7.90. The molecule has 374 valence electrons. The van der Waals surface area contributed by atoms with Gasteiger partial charge in [0.05, 0.1) is 49.6 Å². The average Bonchev–Trinajstić information content (AvgIpc) is 4.23. The van der Waals surface area contributed by atoms with Crippen molar-refractivity contribution in [3.05, 3.63) is 70.8 Å². The van der Waals surface area contributed by atoms with Crippen LogP contribution < -0.4 is 16.0 Å². The number of amidine groups is 1. The highest BCUT2D eigenvalue weighted by atomic mass is 32.2. The summed E-state index contributed by atoms with van der Waals surface area (Å²) in [4.78, 5) is 69.7. The summed E-state index contributed by atoms with van der Waals surface area (Å²) in [6.45, 7) is 8.49. The second-order valence-corrected chi connectivity index (χ2v) is 22.9. The van der Waals surface area contributed by atoms with E-state index >= 15 is 0 Å². The Hall–Kier alpha value is -6.30. The molecule has 18 heteroatoms. The van der Waals surface area contributed by atoms with Crippen LogP contribution in [-0.4, -0.2) is 108 Å². The molecular formula is C53H63N9O8S. The first-order chi connectivity index (χ1) is 34.1. The number of hydrogen-bond acceptors (Lipinski definition) is 11. The first-order valence-corrected chi connectivity index (χ1v) is 26.9. The highest BCUT2D eigenvalue weighted by Gasteiger charge is 2.46. The molecule has 4 bridgehead atoms. The number of aromatic nitrogens is 3. The number of aromatic amines is 1. The quantitative estimate of drug-likeness (QED) is 0.112. The van der Waals surface area contributed by atoms with Crippen LogP contribution in [0.5, 0.6) is 0 Å². The molecule has 2 saturated heterocycles. The van der Waals surface area contributed by atoms with Crippen molar-refractivity contribution in [3.63, 3.8) is 0 Å². The van der Waals surface area contributed by atoms with Gasteiger partial charge in [0.1, 0.15) is 28.6 Å². The Morgan fingerprint density at radius 2 is 1.23 bits per heavy atom. The third-order valence-corrected chi connectivity index (χ3v) is 18.0. The number of nitrogens with one attached hydrogen (secondary N) is 4. The van der Waals surface area contributed by atoms with Crippen LogP contribution in [0.15, 0.2) is 52.0 Å². The van der Waals surface area contributed by atoms with Crippen molar-refractivity contribution < 1.29 is 37.1 Å². The van der Waals surface area contributed by atoms with Crippen LogP contribution in [0.1, 0.15) is 150 Å². The Bertz CT molecular complexity index is 3000. The van der Waals surface area contributed by atoms with E-state index in [1.165, 1.54) is 47.6 Å². The van der Waals surface area contributed by atoms with Gasteiger partial charge < -0.3 is 40.2 Å². The molecule has 8 atom stereocenters. The lowest BCUT2D eigenvalue weighted by Crippen LogP contribution is -2.54. The second-order valence-electron chi connectivity index (χ2n) is 21.3. The molecule has 5 heterocycles. The zero-order chi connectivity index (χ0) is 49.6. The number of carbonyl (C=O) groups excluding carboxylic acids is 4. The summed E-state index contributed by atoms with van der Waals surface area (Å²) in [6.07, 6.45) is 12.1. The maximum Gasteiger partial charge on any atom is 0.407 e. The number of methoxy groups -OCH3 is 2. The van der Waals surface area contributed by atoms with Crippen molar-refractivity contribution in [2.24, 2.45) is 16.2 Å². The smallest absolute Gasteiger partial charge is 0.407 e. The Morgan fingerprint density at radius 3 is 1.83 bits per heavy atom. The fraction of sp³-hybridized carbons (Fsp3) is 0.528. The van der Waals surface area contributed by atoms with Gasteiger partial charge in [-0.25, -0.2) is 14.6 Å². The minimum absolute atomic E-state index is 0.0694. The van der Waals surface area contributed by atoms with Crippen LogP contribution in [0.3, 0.4) is 0 Å². The lowest BCUT2D eigenvalue weighted by Gasteiger charge is -2.32. The molecule has 2 aromatic carbocycles. The molecular weight excluding hydrogens is 923 g/mol. The number of alkyl carbamates (subject to hydrolysis) is 2. The summed E-state index contributed by atoms with van der Waals surface area (Å²) in [5.41, 5.74) is 12.0. The van der Waals surface area contributed by atoms with Crippen molar-refractivity contribution in [1.82, 2.24) is 35.4 Å². The molecule has 2 saturated carbocycles. The number of benzene rings is 2. The lowest BCUT2D eigenvalue weighted by atomic mass is 9.79. The van der Waals surface area contributed by atoms with E-state index in [9.17, 15) is 27.6 Å². The van der Waals surface area contributed by atoms with Gasteiger partial charge in [-0.3, -0.25) is 14.6 Å². The van der Waals surface area contributed by atoms with Crippen LogP contribution in [0.25, 0.3) is 33.6 Å². The van der Waals surface area contributed by atoms with Crippen molar-refractivity contribution in [3.8, 4) is 33.6 Å². The molecule has 4 fully saturated rings. The fourth-order valence-electron chi connectivity index (χ4n) is 13.3. The Kier molecular flexibility index (Phi) is 12.0. The molecule has 3 aliphatic heterocycles. The number of sulfonamides is 1. The molecule has 71 heavy (non-hydrogen) atoms. The summed E-state index contributed by atoms with van der Waals surface area (Å²) in [5.74, 6) is 1.73. The molecule has 4 N–H and O–H groups in total. The van der Waals surface area contributed by atoms with Gasteiger partial charge in [0.2, 0.25) is 11.8 Å². The van der Waals surface area contributed by atoms with E-state index in [0.717, 1.165) is 79.7 Å². The van der Waals surface area contributed by atoms with Gasteiger partial charge in [-0.05, 0) is 140 Å². The van der Waals surface area contributed by atoms with E-state index < -0.39 is 40.3 Å². The molecule has 7 aliphatic rings. The van der Waals surface area contributed by atoms with Crippen molar-refractivity contribution in [1.29, 1.82) is 0 Å². The molecule has 4 amide bonds. The number of H-pyrrole nitrogens is 1. The fourth-order valence-corrected chi connectivity index (χ4v) is 14.5. The van der Waals surface area contributed by atoms with E-state index in [-0.39, 0.29) is 40.4 Å². The standard InChI is InChI=1S/C53H63N9O8S/c1-26(2)45(58-52(65)69-5)50(63)61-19-7-9-38(61)48-55-25-37(57-48)34-17-16-33(41-28-11-12-29(21-28)42(34)41)35-24-54-47(44-31-14-13-30(22-31)43(35)44)32-15-18-40-36(23-32)56-49(60-71(40,67)68)39-10-8-20-62(39)51(64)46(27(3)4)59-53(66)70-6/h15-18,23-31,38-39,45-46H,7-14,19-22H2,1-6H3,(H,55,57)(H,56,60)(H,58,65)(H,59,66)/t28?,29?,30?,31?,38-,39-,45-,46-/m0/s1. The summed E-state index contributed by atoms with van der Waals surface area (Å²) >= 11 is 0. The normalized spacial score (nSPS) is 25.1. The second kappa shape index (κ2) is 18.1. The van der Waals surface area contributed by atoms with E-state index in [0.29, 0.717) is 55.3 Å². The van der Waals surface area contributed by atoms with Gasteiger partial charge >= 0.3 is 12.2 Å². The zero-order valence-corrected chi connectivity index (χ0v) is 42.0. The van der Waals surface area contributed by atoms with E-state index in [1.54, 1.807) is 11.0 Å². The van der Waals surface area contributed by atoms with E-state index in [1.807, 2.05) is 50.9 Å². The topological polar surface area (TPSA) is 217 Å². The third-order valence-electron chi connectivity index (χ3n) is 16.6. The van der Waals surface area contributed by atoms with Gasteiger partial charge in [0.25, 0.3) is 10.0 Å². The third kappa shape index (κ3) is 7.95. The Balaban J connectivity index is 0.907. The van der Waals surface area contributed by atoms with Crippen LogP contribution >= 0.6 is 0 Å². The maximum absolute atomic E-state index is 13.9. The molecule has 4 aliphatic carbocycles. The predicted molar refractivity (Wildman–Crippen MR) is 266 cm³/mol. The minimum atomic E-state index is -4.11. The number of carbonyl (C=O) groups is 4. The van der Waals surface area contributed by atoms with Crippen molar-refractivity contribution >= 4 is 45.5 Å². The van der Waals surface area contributed by atoms with Crippen LogP contribution in [0, 0.1) is 11.8 Å². The summed E-state index contributed by atoms with van der Waals surface area (Å²) in [6, 6.07) is 7.45. The molecule has 0 radical (unpaired) electrons. The molecule has 2 aromatic heterocycles. The first-order valence-electron chi connectivity index (χ1n) is 25.5. The van der Waals surface area contributed by atoms with E-state index in [2.05, 4.69) is 43.7 Å². The zero-order valence-electron chi connectivity index (χ0n) is 41.2. The van der Waals surface area contributed by atoms with Crippen LogP contribution in [0.4, 0.5) is 15.3 Å². The van der Waals surface area contributed by atoms with Gasteiger partial charge in [-0.2, -0.15) is 8.42 Å². The van der Waals surface area contributed by atoms with Crippen LogP contribution in [0.2, 0.25) is 0 Å². The van der Waals surface area contributed by atoms with Gasteiger partial charge in [0, 0.05) is 36.0 Å². The number of nitrogens with zero attached hydrogens (tertiary/aromatic N) is 5. The summed E-state index contributed by atoms with van der Waals surface area (Å²) in [5, 5.41) is 8.75. The number of rotatable bonds is 11. The SMILES string of the molecule is COC(=O)N[C@H](C(=O)N1CCC[C@H]1C1=NS(=O)(=O)c2ccc(-c3ncc(-c4ccc(-c5cnc([C@@H]6CCCN6C(=O)[C@@H](NC(=O)OC)C(C)C)[nH]5)c5c4C4CCC5C4)c4c3C3CCC4C3)cc2N1)C(C)C. The van der Waals surface area contributed by atoms with Gasteiger partial charge in [-0.1, -0.05) is 45.9 Å².